The molecule has 5 nitrogen and oxygen atoms in total. The second-order valence-electron chi connectivity index (χ2n) is 7.56. The maximum absolute atomic E-state index is 12.5. The second kappa shape index (κ2) is 7.95. The Kier molecular flexibility index (Phi) is 5.41. The lowest BCUT2D eigenvalue weighted by Crippen LogP contribution is -2.54. The van der Waals surface area contributed by atoms with Crippen LogP contribution < -0.4 is 4.90 Å². The van der Waals surface area contributed by atoms with Gasteiger partial charge >= 0.3 is 0 Å². The van der Waals surface area contributed by atoms with Crippen LogP contribution in [0.25, 0.3) is 0 Å². The average molecular weight is 387 g/mol. The molecule has 3 heterocycles. The van der Waals surface area contributed by atoms with Gasteiger partial charge in [-0.3, -0.25) is 9.69 Å². The number of benzene rings is 1. The van der Waals surface area contributed by atoms with E-state index in [4.69, 9.17) is 11.6 Å². The van der Waals surface area contributed by atoms with Crippen molar-refractivity contribution in [3.05, 3.63) is 52.8 Å². The summed E-state index contributed by atoms with van der Waals surface area (Å²) < 4.78 is 0. The smallest absolute Gasteiger partial charge is 0.270 e. The first-order valence-corrected chi connectivity index (χ1v) is 10.2. The molecule has 2 fully saturated rings. The third kappa shape index (κ3) is 3.99. The van der Waals surface area contributed by atoms with Gasteiger partial charge in [-0.15, -0.1) is 0 Å². The van der Waals surface area contributed by atoms with Gasteiger partial charge in [-0.25, -0.2) is 0 Å². The maximum Gasteiger partial charge on any atom is 0.270 e. The van der Waals surface area contributed by atoms with Crippen molar-refractivity contribution in [2.24, 2.45) is 0 Å². The van der Waals surface area contributed by atoms with E-state index in [1.165, 1.54) is 5.69 Å². The van der Waals surface area contributed by atoms with Gasteiger partial charge in [0.05, 0.1) is 0 Å². The van der Waals surface area contributed by atoms with Crippen LogP contribution in [0.4, 0.5) is 5.69 Å². The fourth-order valence-electron chi connectivity index (χ4n) is 4.19. The molecule has 0 spiro atoms. The van der Waals surface area contributed by atoms with E-state index < -0.39 is 0 Å². The van der Waals surface area contributed by atoms with Crippen LogP contribution in [0.5, 0.6) is 0 Å². The minimum atomic E-state index is 0.116. The highest BCUT2D eigenvalue weighted by molar-refractivity contribution is 6.31. The molecule has 0 aliphatic carbocycles. The molecule has 0 saturated carbocycles. The second-order valence-corrected chi connectivity index (χ2v) is 7.97. The molecule has 27 heavy (non-hydrogen) atoms. The van der Waals surface area contributed by atoms with Crippen molar-refractivity contribution in [3.63, 3.8) is 0 Å². The molecule has 4 rings (SSSR count). The number of anilines is 1. The number of halogens is 1. The highest BCUT2D eigenvalue weighted by Crippen LogP contribution is 2.27. The Labute approximate surface area is 165 Å². The Bertz CT molecular complexity index is 775. The standard InChI is InChI=1S/C21H27ClN4O/c1-16-4-5-18(15-19(16)22)24-9-6-17(7-10-24)25-11-13-26(14-12-25)21(27)20-3-2-8-23-20/h2-5,8,15,17,23H,6-7,9-14H2,1H3. The van der Waals surface area contributed by atoms with Crippen LogP contribution in [-0.2, 0) is 0 Å². The normalized spacial score (nSPS) is 19.5. The van der Waals surface area contributed by atoms with Crippen molar-refractivity contribution >= 4 is 23.2 Å². The lowest BCUT2D eigenvalue weighted by Gasteiger charge is -2.43. The minimum Gasteiger partial charge on any atom is -0.371 e. The number of aromatic nitrogens is 1. The van der Waals surface area contributed by atoms with Crippen LogP contribution in [0.15, 0.2) is 36.5 Å². The summed E-state index contributed by atoms with van der Waals surface area (Å²) in [5.74, 6) is 0.116. The van der Waals surface area contributed by atoms with E-state index in [2.05, 4.69) is 33.0 Å². The first-order chi connectivity index (χ1) is 13.1. The summed E-state index contributed by atoms with van der Waals surface area (Å²) in [6.07, 6.45) is 4.13. The van der Waals surface area contributed by atoms with Crippen LogP contribution >= 0.6 is 11.6 Å². The molecule has 0 bridgehead atoms. The lowest BCUT2D eigenvalue weighted by atomic mass is 10.0. The number of aromatic amines is 1. The molecule has 2 saturated heterocycles. The van der Waals surface area contributed by atoms with Gasteiger partial charge in [0.2, 0.25) is 0 Å². The quantitative estimate of drug-likeness (QED) is 0.879. The van der Waals surface area contributed by atoms with E-state index in [1.807, 2.05) is 24.0 Å². The molecule has 2 aliphatic rings. The molecule has 1 amide bonds. The SMILES string of the molecule is Cc1ccc(N2CCC(N3CCN(C(=O)c4ccc[nH]4)CC3)CC2)cc1Cl. The predicted octanol–water partition coefficient (Wildman–Crippen LogP) is 3.40. The van der Waals surface area contributed by atoms with Gasteiger partial charge in [-0.2, -0.15) is 0 Å². The molecule has 2 aliphatic heterocycles. The number of hydrogen-bond acceptors (Lipinski definition) is 3. The van der Waals surface area contributed by atoms with Crippen LogP contribution in [-0.4, -0.2) is 66.0 Å². The van der Waals surface area contributed by atoms with Crippen molar-refractivity contribution in [1.82, 2.24) is 14.8 Å². The van der Waals surface area contributed by atoms with Gasteiger partial charge < -0.3 is 14.8 Å². The summed E-state index contributed by atoms with van der Waals surface area (Å²) in [6.45, 7) is 7.72. The topological polar surface area (TPSA) is 42.6 Å². The van der Waals surface area contributed by atoms with Crippen molar-refractivity contribution in [1.29, 1.82) is 0 Å². The number of rotatable bonds is 3. The molecule has 6 heteroatoms. The summed E-state index contributed by atoms with van der Waals surface area (Å²) in [4.78, 5) is 22.4. The highest BCUT2D eigenvalue weighted by Gasteiger charge is 2.29. The average Bonchev–Trinajstić information content (AvgIpc) is 3.25. The van der Waals surface area contributed by atoms with E-state index in [9.17, 15) is 4.79 Å². The number of H-pyrrole nitrogens is 1. The van der Waals surface area contributed by atoms with Crippen LogP contribution in [0, 0.1) is 6.92 Å². The van der Waals surface area contributed by atoms with Gasteiger partial charge in [0, 0.05) is 62.2 Å². The summed E-state index contributed by atoms with van der Waals surface area (Å²) >= 11 is 6.29. The predicted molar refractivity (Wildman–Crippen MR) is 110 cm³/mol. The van der Waals surface area contributed by atoms with Gasteiger partial charge in [0.25, 0.3) is 5.91 Å². The number of piperidine rings is 1. The van der Waals surface area contributed by atoms with Gasteiger partial charge in [0.1, 0.15) is 5.69 Å². The van der Waals surface area contributed by atoms with E-state index in [1.54, 1.807) is 6.20 Å². The Morgan fingerprint density at radius 3 is 2.44 bits per heavy atom. The summed E-state index contributed by atoms with van der Waals surface area (Å²) in [5.41, 5.74) is 3.04. The molecule has 0 unspecified atom stereocenters. The Morgan fingerprint density at radius 2 is 1.81 bits per heavy atom. The maximum atomic E-state index is 12.5. The number of carbonyl (C=O) groups excluding carboxylic acids is 1. The zero-order valence-electron chi connectivity index (χ0n) is 15.8. The van der Waals surface area contributed by atoms with Crippen LogP contribution in [0.1, 0.15) is 28.9 Å². The van der Waals surface area contributed by atoms with Gasteiger partial charge in [-0.1, -0.05) is 17.7 Å². The fourth-order valence-corrected chi connectivity index (χ4v) is 4.37. The Balaban J connectivity index is 1.28. The molecular weight excluding hydrogens is 360 g/mol. The first-order valence-electron chi connectivity index (χ1n) is 9.79. The summed E-state index contributed by atoms with van der Waals surface area (Å²) in [6, 6.07) is 10.7. The minimum absolute atomic E-state index is 0.116. The molecule has 144 valence electrons. The Morgan fingerprint density at radius 1 is 1.07 bits per heavy atom. The summed E-state index contributed by atoms with van der Waals surface area (Å²) in [7, 11) is 0. The molecule has 1 aromatic carbocycles. The zero-order chi connectivity index (χ0) is 18.8. The third-order valence-corrected chi connectivity index (χ3v) is 6.34. The van der Waals surface area contributed by atoms with Gasteiger partial charge in [0.15, 0.2) is 0 Å². The van der Waals surface area contributed by atoms with Crippen molar-refractivity contribution in [3.8, 4) is 0 Å². The van der Waals surface area contributed by atoms with Crippen LogP contribution in [0.3, 0.4) is 0 Å². The van der Waals surface area contributed by atoms with E-state index in [0.717, 1.165) is 62.7 Å². The number of nitrogens with zero attached hydrogens (tertiary/aromatic N) is 3. The first kappa shape index (κ1) is 18.4. The lowest BCUT2D eigenvalue weighted by molar-refractivity contribution is 0.0536. The zero-order valence-corrected chi connectivity index (χ0v) is 16.6. The summed E-state index contributed by atoms with van der Waals surface area (Å²) in [5, 5.41) is 0.845. The van der Waals surface area contributed by atoms with Gasteiger partial charge in [-0.05, 0) is 49.6 Å². The molecule has 0 radical (unpaired) electrons. The number of carbonyl (C=O) groups is 1. The van der Waals surface area contributed by atoms with Crippen LogP contribution in [0.2, 0.25) is 5.02 Å². The number of piperazine rings is 1. The van der Waals surface area contributed by atoms with E-state index >= 15 is 0 Å². The highest BCUT2D eigenvalue weighted by atomic mass is 35.5. The monoisotopic (exact) mass is 386 g/mol. The van der Waals surface area contributed by atoms with E-state index in [-0.39, 0.29) is 5.91 Å². The molecule has 1 aromatic heterocycles. The number of amides is 1. The molecule has 0 atom stereocenters. The number of hydrogen-bond donors (Lipinski definition) is 1. The molecule has 2 aromatic rings. The third-order valence-electron chi connectivity index (χ3n) is 5.93. The van der Waals surface area contributed by atoms with Crippen molar-refractivity contribution < 1.29 is 4.79 Å². The van der Waals surface area contributed by atoms with Crippen molar-refractivity contribution in [2.75, 3.05) is 44.2 Å². The van der Waals surface area contributed by atoms with E-state index in [0.29, 0.717) is 11.7 Å². The number of nitrogens with one attached hydrogen (secondary N) is 1. The number of aryl methyl sites for hydroxylation is 1. The largest absolute Gasteiger partial charge is 0.371 e. The van der Waals surface area contributed by atoms with Crippen molar-refractivity contribution in [2.45, 2.75) is 25.8 Å². The fraction of sp³-hybridized carbons (Fsp3) is 0.476. The molecular formula is C21H27ClN4O. The Hall–Kier alpha value is -1.98. The molecule has 1 N–H and O–H groups in total.